The van der Waals surface area contributed by atoms with Gasteiger partial charge in [-0.05, 0) is 44.4 Å². The predicted octanol–water partition coefficient (Wildman–Crippen LogP) is 2.89. The summed E-state index contributed by atoms with van der Waals surface area (Å²) in [5.41, 5.74) is 2.16. The number of rotatable bonds is 5. The summed E-state index contributed by atoms with van der Waals surface area (Å²) in [6, 6.07) is 6.63. The van der Waals surface area contributed by atoms with E-state index in [2.05, 4.69) is 10.2 Å². The number of amides is 1. The van der Waals surface area contributed by atoms with Gasteiger partial charge in [0.05, 0.1) is 4.90 Å². The minimum absolute atomic E-state index is 0.0627. The molecule has 11 heteroatoms. The lowest BCUT2D eigenvalue weighted by Crippen LogP contribution is -2.38. The third kappa shape index (κ3) is 5.01. The van der Waals surface area contributed by atoms with E-state index < -0.39 is 28.7 Å². The number of carbonyl (C=O) groups is 1. The van der Waals surface area contributed by atoms with Crippen LogP contribution in [0.3, 0.4) is 0 Å². The van der Waals surface area contributed by atoms with Gasteiger partial charge in [0.25, 0.3) is 5.91 Å². The summed E-state index contributed by atoms with van der Waals surface area (Å²) in [7, 11) is -3.61. The summed E-state index contributed by atoms with van der Waals surface area (Å²) in [6.07, 6.45) is -3.48. The lowest BCUT2D eigenvalue weighted by atomic mass is 9.94. The number of hydrogen-bond donors (Lipinski definition) is 2. The molecule has 1 aliphatic rings. The van der Waals surface area contributed by atoms with Crippen LogP contribution >= 0.6 is 0 Å². The third-order valence-corrected chi connectivity index (χ3v) is 7.18. The number of benzene rings is 1. The minimum Gasteiger partial charge on any atom is -0.342 e. The second kappa shape index (κ2) is 8.38. The first-order chi connectivity index (χ1) is 14.0. The van der Waals surface area contributed by atoms with Crippen LogP contribution < -0.4 is 5.32 Å². The molecule has 1 saturated heterocycles. The van der Waals surface area contributed by atoms with Crippen LogP contribution in [0.1, 0.15) is 46.1 Å². The summed E-state index contributed by atoms with van der Waals surface area (Å²) < 4.78 is 64.1. The standard InChI is InChI=1S/C19H23F3N4O3S/c1-12-3-4-17(13(2)9-12)30(28,29)26-7-5-14(6-8-26)15-10-16(25-24-15)18(27)23-11-19(20,21)22/h3-4,9-10,14H,5-8,11H2,1-2H3,(H,23,27)(H,24,25). The maximum absolute atomic E-state index is 13.0. The number of aromatic amines is 1. The number of alkyl halides is 3. The van der Waals surface area contributed by atoms with Crippen molar-refractivity contribution in [2.75, 3.05) is 19.6 Å². The molecule has 0 radical (unpaired) electrons. The second-order valence-electron chi connectivity index (χ2n) is 7.45. The topological polar surface area (TPSA) is 95.2 Å². The van der Waals surface area contributed by atoms with Gasteiger partial charge >= 0.3 is 6.18 Å². The number of halogens is 3. The molecule has 1 amide bonds. The molecule has 0 spiro atoms. The molecule has 30 heavy (non-hydrogen) atoms. The summed E-state index contributed by atoms with van der Waals surface area (Å²) >= 11 is 0. The highest BCUT2D eigenvalue weighted by Crippen LogP contribution is 2.31. The average Bonchev–Trinajstić information content (AvgIpc) is 3.15. The number of aromatic nitrogens is 2. The number of hydrogen-bond acceptors (Lipinski definition) is 4. The molecule has 0 atom stereocenters. The zero-order valence-electron chi connectivity index (χ0n) is 16.6. The van der Waals surface area contributed by atoms with Gasteiger partial charge in [-0.15, -0.1) is 0 Å². The van der Waals surface area contributed by atoms with E-state index in [0.717, 1.165) is 5.56 Å². The van der Waals surface area contributed by atoms with Crippen molar-refractivity contribution in [3.63, 3.8) is 0 Å². The van der Waals surface area contributed by atoms with E-state index in [-0.39, 0.29) is 16.5 Å². The lowest BCUT2D eigenvalue weighted by Gasteiger charge is -2.31. The fourth-order valence-electron chi connectivity index (χ4n) is 3.57. The van der Waals surface area contributed by atoms with Crippen LogP contribution in [0, 0.1) is 13.8 Å². The molecular weight excluding hydrogens is 421 g/mol. The molecule has 0 unspecified atom stereocenters. The monoisotopic (exact) mass is 444 g/mol. The third-order valence-electron chi connectivity index (χ3n) is 5.12. The van der Waals surface area contributed by atoms with Crippen LogP contribution in [0.15, 0.2) is 29.2 Å². The van der Waals surface area contributed by atoms with E-state index in [1.54, 1.807) is 24.4 Å². The Labute approximate surface area is 172 Å². The van der Waals surface area contributed by atoms with Crippen molar-refractivity contribution in [2.24, 2.45) is 0 Å². The van der Waals surface area contributed by atoms with Gasteiger partial charge in [-0.1, -0.05) is 17.7 Å². The lowest BCUT2D eigenvalue weighted by molar-refractivity contribution is -0.123. The van der Waals surface area contributed by atoms with Crippen molar-refractivity contribution < 1.29 is 26.4 Å². The Morgan fingerprint density at radius 3 is 2.50 bits per heavy atom. The highest BCUT2D eigenvalue weighted by atomic mass is 32.2. The van der Waals surface area contributed by atoms with Gasteiger partial charge in [-0.25, -0.2) is 8.42 Å². The van der Waals surface area contributed by atoms with E-state index in [1.807, 2.05) is 13.0 Å². The van der Waals surface area contributed by atoms with Gasteiger partial charge in [0.2, 0.25) is 10.0 Å². The number of aryl methyl sites for hydroxylation is 2. The molecule has 2 aromatic rings. The molecule has 1 aromatic heterocycles. The quantitative estimate of drug-likeness (QED) is 0.741. The molecule has 2 heterocycles. The van der Waals surface area contributed by atoms with Gasteiger partial charge in [-0.2, -0.15) is 22.6 Å². The number of sulfonamides is 1. The highest BCUT2D eigenvalue weighted by molar-refractivity contribution is 7.89. The van der Waals surface area contributed by atoms with Crippen LogP contribution in [0.25, 0.3) is 0 Å². The normalized spacial score (nSPS) is 16.6. The maximum Gasteiger partial charge on any atom is 0.405 e. The van der Waals surface area contributed by atoms with E-state index in [0.29, 0.717) is 37.2 Å². The van der Waals surface area contributed by atoms with Gasteiger partial charge in [-0.3, -0.25) is 9.89 Å². The summed E-state index contributed by atoms with van der Waals surface area (Å²) in [4.78, 5) is 12.1. The van der Waals surface area contributed by atoms with Crippen LogP contribution in [0.4, 0.5) is 13.2 Å². The Hall–Kier alpha value is -2.40. The van der Waals surface area contributed by atoms with Crippen LogP contribution in [-0.4, -0.2) is 54.6 Å². The summed E-state index contributed by atoms with van der Waals surface area (Å²) in [5, 5.41) is 8.26. The van der Waals surface area contributed by atoms with Gasteiger partial charge in [0.1, 0.15) is 12.2 Å². The molecule has 3 rings (SSSR count). The van der Waals surface area contributed by atoms with Gasteiger partial charge in [0.15, 0.2) is 0 Å². The van der Waals surface area contributed by atoms with E-state index >= 15 is 0 Å². The molecule has 0 bridgehead atoms. The number of carbonyl (C=O) groups excluding carboxylic acids is 1. The molecule has 1 aromatic carbocycles. The Kier molecular flexibility index (Phi) is 6.23. The van der Waals surface area contributed by atoms with Crippen LogP contribution in [0.5, 0.6) is 0 Å². The predicted molar refractivity (Wildman–Crippen MR) is 104 cm³/mol. The number of nitrogens with zero attached hydrogens (tertiary/aromatic N) is 2. The fourth-order valence-corrected chi connectivity index (χ4v) is 5.24. The van der Waals surface area contributed by atoms with Crippen LogP contribution in [0.2, 0.25) is 0 Å². The number of piperidine rings is 1. The highest BCUT2D eigenvalue weighted by Gasteiger charge is 2.32. The molecule has 7 nitrogen and oxygen atoms in total. The van der Waals surface area contributed by atoms with Crippen molar-refractivity contribution in [1.82, 2.24) is 19.8 Å². The van der Waals surface area contributed by atoms with Gasteiger partial charge < -0.3 is 5.32 Å². The van der Waals surface area contributed by atoms with E-state index in [1.165, 1.54) is 10.4 Å². The molecule has 0 saturated carbocycles. The molecule has 164 valence electrons. The molecule has 2 N–H and O–H groups in total. The zero-order valence-corrected chi connectivity index (χ0v) is 17.4. The molecule has 0 aliphatic carbocycles. The van der Waals surface area contributed by atoms with Crippen molar-refractivity contribution >= 4 is 15.9 Å². The first kappa shape index (κ1) is 22.3. The van der Waals surface area contributed by atoms with Gasteiger partial charge in [0, 0.05) is 24.7 Å². The zero-order chi connectivity index (χ0) is 22.1. The molecule has 1 fully saturated rings. The maximum atomic E-state index is 13.0. The Morgan fingerprint density at radius 2 is 1.90 bits per heavy atom. The SMILES string of the molecule is Cc1ccc(S(=O)(=O)N2CCC(c3cc(C(=O)NCC(F)(F)F)n[nH]3)CC2)c(C)c1. The summed E-state index contributed by atoms with van der Waals surface area (Å²) in [6.45, 7) is 2.84. The Bertz CT molecular complexity index is 1030. The Morgan fingerprint density at radius 1 is 1.23 bits per heavy atom. The molecular formula is C19H23F3N4O3S. The van der Waals surface area contributed by atoms with Crippen molar-refractivity contribution in [3.8, 4) is 0 Å². The first-order valence-corrected chi connectivity index (χ1v) is 10.9. The fraction of sp³-hybridized carbons (Fsp3) is 0.474. The van der Waals surface area contributed by atoms with Crippen LogP contribution in [-0.2, 0) is 10.0 Å². The summed E-state index contributed by atoms with van der Waals surface area (Å²) in [5.74, 6) is -0.975. The average molecular weight is 444 g/mol. The van der Waals surface area contributed by atoms with Crippen molar-refractivity contribution in [1.29, 1.82) is 0 Å². The van der Waals surface area contributed by atoms with E-state index in [9.17, 15) is 26.4 Å². The minimum atomic E-state index is -4.50. The molecule has 1 aliphatic heterocycles. The van der Waals surface area contributed by atoms with Crippen molar-refractivity contribution in [3.05, 3.63) is 46.8 Å². The van der Waals surface area contributed by atoms with Crippen molar-refractivity contribution in [2.45, 2.75) is 43.7 Å². The Balaban J connectivity index is 1.63. The smallest absolute Gasteiger partial charge is 0.342 e. The largest absolute Gasteiger partial charge is 0.405 e. The number of H-pyrrole nitrogens is 1. The van der Waals surface area contributed by atoms with E-state index in [4.69, 9.17) is 0 Å². The second-order valence-corrected chi connectivity index (χ2v) is 9.36. The number of nitrogens with one attached hydrogen (secondary N) is 2. The first-order valence-electron chi connectivity index (χ1n) is 9.45.